The zero-order valence-corrected chi connectivity index (χ0v) is 10.3. The number of rotatable bonds is 2. The van der Waals surface area contributed by atoms with Crippen molar-refractivity contribution in [2.75, 3.05) is 10.7 Å². The number of hydrogen-bond acceptors (Lipinski definition) is 3. The highest BCUT2D eigenvalue weighted by Gasteiger charge is 2.31. The van der Waals surface area contributed by atoms with Crippen LogP contribution >= 0.6 is 11.8 Å². The number of benzene rings is 1. The van der Waals surface area contributed by atoms with Crippen LogP contribution in [-0.2, 0) is 4.79 Å². The lowest BCUT2D eigenvalue weighted by Crippen LogP contribution is -2.38. The normalized spacial score (nSPS) is 20.9. The monoisotopic (exact) mass is 236 g/mol. The lowest BCUT2D eigenvalue weighted by Gasteiger charge is -2.24. The van der Waals surface area contributed by atoms with E-state index in [1.165, 1.54) is 17.3 Å². The Balaban J connectivity index is 2.43. The summed E-state index contributed by atoms with van der Waals surface area (Å²) in [6.07, 6.45) is 0. The fraction of sp³-hybridized carbons (Fsp3) is 0.417. The molecule has 3 nitrogen and oxygen atoms in total. The summed E-state index contributed by atoms with van der Waals surface area (Å²) in [7, 11) is 0. The minimum Gasteiger partial charge on any atom is -0.302 e. The van der Waals surface area contributed by atoms with Crippen molar-refractivity contribution >= 4 is 23.4 Å². The van der Waals surface area contributed by atoms with Crippen molar-refractivity contribution < 1.29 is 4.79 Å². The van der Waals surface area contributed by atoms with Gasteiger partial charge in [0.2, 0.25) is 5.91 Å². The molecule has 86 valence electrons. The molecule has 1 unspecified atom stereocenters. The maximum absolute atomic E-state index is 11.8. The van der Waals surface area contributed by atoms with E-state index in [9.17, 15) is 4.79 Å². The number of carbonyl (C=O) groups excluding carboxylic acids is 1. The van der Waals surface area contributed by atoms with Crippen LogP contribution in [0.1, 0.15) is 25.3 Å². The predicted octanol–water partition coefficient (Wildman–Crippen LogP) is 2.13. The smallest absolute Gasteiger partial charge is 0.239 e. The molecule has 1 saturated heterocycles. The number of amides is 1. The molecule has 4 heteroatoms. The minimum absolute atomic E-state index is 0.102. The minimum atomic E-state index is -0.243. The van der Waals surface area contributed by atoms with Crippen molar-refractivity contribution in [3.05, 3.63) is 29.8 Å². The van der Waals surface area contributed by atoms with E-state index in [2.05, 4.69) is 19.9 Å². The van der Waals surface area contributed by atoms with Gasteiger partial charge < -0.3 is 5.73 Å². The zero-order valence-electron chi connectivity index (χ0n) is 9.51. The van der Waals surface area contributed by atoms with Crippen molar-refractivity contribution in [1.29, 1.82) is 0 Å². The first kappa shape index (κ1) is 11.5. The Kier molecular flexibility index (Phi) is 3.21. The van der Waals surface area contributed by atoms with Crippen LogP contribution in [0.5, 0.6) is 0 Å². The maximum Gasteiger partial charge on any atom is 0.239 e. The molecule has 2 N–H and O–H groups in total. The second-order valence-electron chi connectivity index (χ2n) is 4.18. The quantitative estimate of drug-likeness (QED) is 0.855. The van der Waals surface area contributed by atoms with Gasteiger partial charge >= 0.3 is 0 Å². The van der Waals surface area contributed by atoms with Crippen molar-refractivity contribution in [1.82, 2.24) is 0 Å². The SMILES string of the molecule is CC(C)c1ccccc1N1C(=O)CSC1N. The van der Waals surface area contributed by atoms with Gasteiger partial charge in [0, 0.05) is 5.69 Å². The van der Waals surface area contributed by atoms with Gasteiger partial charge in [-0.3, -0.25) is 9.69 Å². The summed E-state index contributed by atoms with van der Waals surface area (Å²) in [5.74, 6) is 0.973. The number of anilines is 1. The summed E-state index contributed by atoms with van der Waals surface area (Å²) in [4.78, 5) is 13.5. The van der Waals surface area contributed by atoms with Gasteiger partial charge in [-0.2, -0.15) is 0 Å². The van der Waals surface area contributed by atoms with E-state index in [-0.39, 0.29) is 11.4 Å². The molecule has 0 spiro atoms. The van der Waals surface area contributed by atoms with Crippen LogP contribution in [0.4, 0.5) is 5.69 Å². The molecule has 1 fully saturated rings. The van der Waals surface area contributed by atoms with Crippen LogP contribution in [0.15, 0.2) is 24.3 Å². The Morgan fingerprint density at radius 1 is 1.44 bits per heavy atom. The van der Waals surface area contributed by atoms with E-state index in [4.69, 9.17) is 5.73 Å². The standard InChI is InChI=1S/C12H16N2OS/c1-8(2)9-5-3-4-6-10(9)14-11(15)7-16-12(14)13/h3-6,8,12H,7,13H2,1-2H3. The van der Waals surface area contributed by atoms with Gasteiger partial charge in [0.15, 0.2) is 0 Å². The highest BCUT2D eigenvalue weighted by molar-refractivity contribution is 8.01. The van der Waals surface area contributed by atoms with Crippen LogP contribution < -0.4 is 10.6 Å². The average Bonchev–Trinajstić information content (AvgIpc) is 2.58. The number of thioether (sulfide) groups is 1. The molecule has 1 aliphatic rings. The van der Waals surface area contributed by atoms with E-state index < -0.39 is 0 Å². The first-order chi connectivity index (χ1) is 7.61. The molecule has 1 aromatic rings. The summed E-state index contributed by atoms with van der Waals surface area (Å²) < 4.78 is 0. The Morgan fingerprint density at radius 2 is 2.12 bits per heavy atom. The summed E-state index contributed by atoms with van der Waals surface area (Å²) in [6, 6.07) is 7.98. The molecule has 1 aromatic carbocycles. The third-order valence-corrected chi connectivity index (χ3v) is 3.68. The van der Waals surface area contributed by atoms with E-state index in [0.29, 0.717) is 11.7 Å². The lowest BCUT2D eigenvalue weighted by molar-refractivity contribution is -0.115. The number of nitrogens with two attached hydrogens (primary N) is 1. The highest BCUT2D eigenvalue weighted by Crippen LogP contribution is 2.33. The van der Waals surface area contributed by atoms with Crippen molar-refractivity contribution in [3.8, 4) is 0 Å². The summed E-state index contributed by atoms with van der Waals surface area (Å²) in [6.45, 7) is 4.25. The van der Waals surface area contributed by atoms with Crippen LogP contribution in [0.25, 0.3) is 0 Å². The zero-order chi connectivity index (χ0) is 11.7. The summed E-state index contributed by atoms with van der Waals surface area (Å²) >= 11 is 1.48. The second-order valence-corrected chi connectivity index (χ2v) is 5.28. The average molecular weight is 236 g/mol. The van der Waals surface area contributed by atoms with Gasteiger partial charge in [0.05, 0.1) is 5.75 Å². The Bertz CT molecular complexity index is 406. The van der Waals surface area contributed by atoms with Crippen molar-refractivity contribution in [2.45, 2.75) is 25.3 Å². The number of para-hydroxylation sites is 1. The molecular weight excluding hydrogens is 220 g/mol. The summed E-state index contributed by atoms with van der Waals surface area (Å²) in [5, 5.41) is 0. The molecule has 0 aromatic heterocycles. The van der Waals surface area contributed by atoms with E-state index >= 15 is 0 Å². The van der Waals surface area contributed by atoms with Gasteiger partial charge in [-0.1, -0.05) is 32.0 Å². The molecule has 1 amide bonds. The first-order valence-electron chi connectivity index (χ1n) is 5.39. The largest absolute Gasteiger partial charge is 0.302 e. The molecule has 0 radical (unpaired) electrons. The molecule has 0 saturated carbocycles. The highest BCUT2D eigenvalue weighted by atomic mass is 32.2. The molecule has 2 rings (SSSR count). The van der Waals surface area contributed by atoms with Gasteiger partial charge in [-0.05, 0) is 17.5 Å². The Hall–Kier alpha value is -1.000. The third-order valence-electron chi connectivity index (χ3n) is 2.72. The van der Waals surface area contributed by atoms with Crippen molar-refractivity contribution in [2.24, 2.45) is 5.73 Å². The van der Waals surface area contributed by atoms with Gasteiger partial charge in [-0.25, -0.2) is 0 Å². The van der Waals surface area contributed by atoms with Crippen LogP contribution in [0.2, 0.25) is 0 Å². The van der Waals surface area contributed by atoms with E-state index in [1.807, 2.05) is 18.2 Å². The first-order valence-corrected chi connectivity index (χ1v) is 6.44. The van der Waals surface area contributed by atoms with Crippen LogP contribution in [-0.4, -0.2) is 17.2 Å². The number of hydrogen-bond donors (Lipinski definition) is 1. The molecule has 16 heavy (non-hydrogen) atoms. The predicted molar refractivity (Wildman–Crippen MR) is 68.5 cm³/mol. The fourth-order valence-electron chi connectivity index (χ4n) is 1.91. The maximum atomic E-state index is 11.8. The lowest BCUT2D eigenvalue weighted by atomic mass is 10.0. The Morgan fingerprint density at radius 3 is 2.69 bits per heavy atom. The molecule has 1 atom stereocenters. The van der Waals surface area contributed by atoms with Crippen LogP contribution in [0, 0.1) is 0 Å². The van der Waals surface area contributed by atoms with E-state index in [0.717, 1.165) is 5.69 Å². The molecule has 0 aliphatic carbocycles. The van der Waals surface area contributed by atoms with Gasteiger partial charge in [0.1, 0.15) is 5.50 Å². The van der Waals surface area contributed by atoms with Gasteiger partial charge in [-0.15, -0.1) is 11.8 Å². The molecule has 1 aliphatic heterocycles. The molecule has 1 heterocycles. The molecular formula is C12H16N2OS. The summed E-state index contributed by atoms with van der Waals surface area (Å²) in [5.41, 5.74) is 7.83. The van der Waals surface area contributed by atoms with Gasteiger partial charge in [0.25, 0.3) is 0 Å². The topological polar surface area (TPSA) is 46.3 Å². The van der Waals surface area contributed by atoms with Crippen LogP contribution in [0.3, 0.4) is 0 Å². The second kappa shape index (κ2) is 4.47. The number of nitrogens with zero attached hydrogens (tertiary/aromatic N) is 1. The van der Waals surface area contributed by atoms with Crippen molar-refractivity contribution in [3.63, 3.8) is 0 Å². The Labute approximate surface area is 100.0 Å². The van der Waals surface area contributed by atoms with E-state index in [1.54, 1.807) is 4.90 Å². The third kappa shape index (κ3) is 1.95. The fourth-order valence-corrected chi connectivity index (χ4v) is 2.74. The molecule has 0 bridgehead atoms. The number of carbonyl (C=O) groups is 1.